The van der Waals surface area contributed by atoms with Crippen LogP contribution in [0.2, 0.25) is 0 Å². The van der Waals surface area contributed by atoms with Gasteiger partial charge in [0.15, 0.2) is 0 Å². The summed E-state index contributed by atoms with van der Waals surface area (Å²) in [5, 5.41) is 0. The molecule has 2 nitrogen and oxygen atoms in total. The molecule has 1 aliphatic heterocycles. The lowest BCUT2D eigenvalue weighted by atomic mass is 9.90. The fraction of sp³-hybridized carbons (Fsp3) is 1.00. The van der Waals surface area contributed by atoms with E-state index in [0.29, 0.717) is 12.1 Å². The van der Waals surface area contributed by atoms with Crippen LogP contribution >= 0.6 is 0 Å². The van der Waals surface area contributed by atoms with Crippen molar-refractivity contribution in [3.63, 3.8) is 0 Å². The highest BCUT2D eigenvalue weighted by Gasteiger charge is 2.41. The molecule has 0 amide bonds. The van der Waals surface area contributed by atoms with Crippen molar-refractivity contribution in [3.8, 4) is 0 Å². The van der Waals surface area contributed by atoms with Crippen molar-refractivity contribution < 1.29 is 4.74 Å². The Morgan fingerprint density at radius 3 is 2.54 bits per heavy atom. The maximum absolute atomic E-state index is 5.82. The minimum atomic E-state index is 0.275. The van der Waals surface area contributed by atoms with Crippen LogP contribution in [0.4, 0.5) is 0 Å². The first-order valence-electron chi connectivity index (χ1n) is 5.47. The van der Waals surface area contributed by atoms with E-state index in [1.807, 2.05) is 0 Å². The molecule has 2 heteroatoms. The van der Waals surface area contributed by atoms with Crippen LogP contribution in [0.1, 0.15) is 46.5 Å². The molecule has 1 saturated heterocycles. The number of hydrogen-bond donors (Lipinski definition) is 0. The van der Waals surface area contributed by atoms with Crippen molar-refractivity contribution in [2.24, 2.45) is 0 Å². The van der Waals surface area contributed by atoms with Crippen LogP contribution in [0.25, 0.3) is 0 Å². The molecule has 2 unspecified atom stereocenters. The van der Waals surface area contributed by atoms with Gasteiger partial charge in [-0.3, -0.25) is 4.90 Å². The monoisotopic (exact) mass is 183 g/mol. The highest BCUT2D eigenvalue weighted by molar-refractivity contribution is 4.92. The van der Waals surface area contributed by atoms with Crippen molar-refractivity contribution in [1.29, 1.82) is 0 Å². The molecule has 0 radical (unpaired) electrons. The van der Waals surface area contributed by atoms with Gasteiger partial charge in [0.1, 0.15) is 6.73 Å². The number of rotatable bonds is 0. The Kier molecular flexibility index (Phi) is 2.37. The summed E-state index contributed by atoms with van der Waals surface area (Å²) in [7, 11) is 0. The van der Waals surface area contributed by atoms with Gasteiger partial charge in [0, 0.05) is 11.6 Å². The lowest BCUT2D eigenvalue weighted by Crippen LogP contribution is -2.47. The van der Waals surface area contributed by atoms with E-state index in [2.05, 4.69) is 25.7 Å². The number of nitrogens with zero attached hydrogens (tertiary/aromatic N) is 1. The Balaban J connectivity index is 2.07. The van der Waals surface area contributed by atoms with E-state index in [-0.39, 0.29) is 5.54 Å². The molecule has 1 saturated carbocycles. The van der Waals surface area contributed by atoms with Crippen LogP contribution in [0, 0.1) is 0 Å². The summed E-state index contributed by atoms with van der Waals surface area (Å²) in [6.45, 7) is 7.70. The van der Waals surface area contributed by atoms with Crippen molar-refractivity contribution in [1.82, 2.24) is 4.90 Å². The van der Waals surface area contributed by atoms with Gasteiger partial charge in [0.25, 0.3) is 0 Å². The second kappa shape index (κ2) is 3.25. The third-order valence-corrected chi connectivity index (χ3v) is 3.36. The van der Waals surface area contributed by atoms with Crippen molar-refractivity contribution in [2.75, 3.05) is 6.73 Å². The van der Waals surface area contributed by atoms with Gasteiger partial charge >= 0.3 is 0 Å². The fourth-order valence-electron chi connectivity index (χ4n) is 2.59. The average Bonchev–Trinajstić information content (AvgIpc) is 2.45. The largest absolute Gasteiger partial charge is 0.361 e. The zero-order valence-corrected chi connectivity index (χ0v) is 9.05. The molecule has 13 heavy (non-hydrogen) atoms. The van der Waals surface area contributed by atoms with Gasteiger partial charge in [0.2, 0.25) is 0 Å². The van der Waals surface area contributed by atoms with Crippen molar-refractivity contribution in [2.45, 2.75) is 64.1 Å². The van der Waals surface area contributed by atoms with Crippen LogP contribution in [0.15, 0.2) is 0 Å². The lowest BCUT2D eigenvalue weighted by molar-refractivity contribution is 0.0579. The van der Waals surface area contributed by atoms with E-state index in [4.69, 9.17) is 4.74 Å². The first-order chi connectivity index (χ1) is 6.09. The molecular weight excluding hydrogens is 162 g/mol. The van der Waals surface area contributed by atoms with E-state index < -0.39 is 0 Å². The van der Waals surface area contributed by atoms with E-state index in [1.165, 1.54) is 25.7 Å². The Morgan fingerprint density at radius 1 is 1.15 bits per heavy atom. The number of ether oxygens (including phenoxy) is 1. The molecule has 0 bridgehead atoms. The van der Waals surface area contributed by atoms with Crippen LogP contribution in [0.5, 0.6) is 0 Å². The summed E-state index contributed by atoms with van der Waals surface area (Å²) in [5.41, 5.74) is 0.275. The molecular formula is C11H21NO. The quantitative estimate of drug-likeness (QED) is 0.571. The smallest absolute Gasteiger partial charge is 0.100 e. The van der Waals surface area contributed by atoms with Gasteiger partial charge in [-0.2, -0.15) is 0 Å². The Labute approximate surface area is 81.3 Å². The van der Waals surface area contributed by atoms with E-state index in [1.54, 1.807) is 0 Å². The maximum atomic E-state index is 5.82. The van der Waals surface area contributed by atoms with Gasteiger partial charge in [0.05, 0.1) is 6.10 Å². The van der Waals surface area contributed by atoms with Crippen LogP contribution in [0.3, 0.4) is 0 Å². The normalized spacial score (nSPS) is 36.2. The third-order valence-electron chi connectivity index (χ3n) is 3.36. The SMILES string of the molecule is CC(C)(C)N1COC2CCCCC21. The van der Waals surface area contributed by atoms with Gasteiger partial charge in [-0.1, -0.05) is 12.8 Å². The van der Waals surface area contributed by atoms with Crippen molar-refractivity contribution in [3.05, 3.63) is 0 Å². The van der Waals surface area contributed by atoms with Crippen LogP contribution < -0.4 is 0 Å². The zero-order valence-electron chi connectivity index (χ0n) is 9.05. The first kappa shape index (κ1) is 9.47. The predicted molar refractivity (Wildman–Crippen MR) is 53.6 cm³/mol. The van der Waals surface area contributed by atoms with Gasteiger partial charge < -0.3 is 4.74 Å². The van der Waals surface area contributed by atoms with E-state index in [0.717, 1.165) is 6.73 Å². The second-order valence-corrected chi connectivity index (χ2v) is 5.33. The van der Waals surface area contributed by atoms with Gasteiger partial charge in [-0.25, -0.2) is 0 Å². The average molecular weight is 183 g/mol. The third kappa shape index (κ3) is 1.75. The standard InChI is InChI=1S/C11H21NO/c1-11(2,3)12-8-13-10-7-5-4-6-9(10)12/h9-10H,4-8H2,1-3H3. The predicted octanol–water partition coefficient (Wildman–Crippen LogP) is 2.39. The first-order valence-corrected chi connectivity index (χ1v) is 5.47. The van der Waals surface area contributed by atoms with Gasteiger partial charge in [-0.15, -0.1) is 0 Å². The second-order valence-electron chi connectivity index (χ2n) is 5.33. The molecule has 0 aromatic rings. The summed E-state index contributed by atoms with van der Waals surface area (Å²) in [6.07, 6.45) is 5.89. The highest BCUT2D eigenvalue weighted by Crippen LogP contribution is 2.34. The molecule has 1 aliphatic carbocycles. The molecule has 2 aliphatic rings. The molecule has 76 valence electrons. The zero-order chi connectivity index (χ0) is 9.47. The summed E-state index contributed by atoms with van der Waals surface area (Å²) in [4.78, 5) is 2.52. The fourth-order valence-corrected chi connectivity index (χ4v) is 2.59. The Hall–Kier alpha value is -0.0800. The van der Waals surface area contributed by atoms with Crippen molar-refractivity contribution >= 4 is 0 Å². The molecule has 0 aromatic heterocycles. The van der Waals surface area contributed by atoms with Crippen LogP contribution in [-0.2, 0) is 4.74 Å². The molecule has 2 rings (SSSR count). The number of hydrogen-bond acceptors (Lipinski definition) is 2. The topological polar surface area (TPSA) is 12.5 Å². The molecule has 0 N–H and O–H groups in total. The molecule has 0 spiro atoms. The lowest BCUT2D eigenvalue weighted by Gasteiger charge is -2.38. The Bertz CT molecular complexity index is 185. The van der Waals surface area contributed by atoms with Crippen LogP contribution in [-0.4, -0.2) is 29.3 Å². The number of fused-ring (bicyclic) bond motifs is 1. The summed E-state index contributed by atoms with van der Waals surface area (Å²) in [6, 6.07) is 0.703. The highest BCUT2D eigenvalue weighted by atomic mass is 16.5. The maximum Gasteiger partial charge on any atom is 0.100 e. The van der Waals surface area contributed by atoms with Gasteiger partial charge in [-0.05, 0) is 33.6 Å². The summed E-state index contributed by atoms with van der Waals surface area (Å²) < 4.78 is 5.82. The van der Waals surface area contributed by atoms with E-state index >= 15 is 0 Å². The summed E-state index contributed by atoms with van der Waals surface area (Å²) in [5.74, 6) is 0. The summed E-state index contributed by atoms with van der Waals surface area (Å²) >= 11 is 0. The molecule has 0 aromatic carbocycles. The van der Waals surface area contributed by atoms with E-state index in [9.17, 15) is 0 Å². The molecule has 1 heterocycles. The molecule has 2 atom stereocenters. The molecule has 2 fully saturated rings. The minimum absolute atomic E-state index is 0.275. The Morgan fingerprint density at radius 2 is 1.85 bits per heavy atom. The minimum Gasteiger partial charge on any atom is -0.361 e.